The van der Waals surface area contributed by atoms with Crippen molar-refractivity contribution in [1.82, 2.24) is 4.98 Å². The number of halogens is 2. The molecule has 0 amide bonds. The second-order valence-electron chi connectivity index (χ2n) is 4.46. The number of fused-ring (bicyclic) bond motifs is 1. The third-order valence-electron chi connectivity index (χ3n) is 2.92. The second-order valence-corrected chi connectivity index (χ2v) is 5.78. The SMILES string of the molecule is Cc1cc(Oc2cc(Br)ccc2Cl)c2ccccc2n1. The third-order valence-corrected chi connectivity index (χ3v) is 3.72. The molecule has 0 radical (unpaired) electrons. The van der Waals surface area contributed by atoms with E-state index in [0.717, 1.165) is 26.8 Å². The van der Waals surface area contributed by atoms with E-state index in [1.165, 1.54) is 0 Å². The Bertz CT molecular complexity index is 789. The molecule has 0 N–H and O–H groups in total. The lowest BCUT2D eigenvalue weighted by molar-refractivity contribution is 0.487. The Kier molecular flexibility index (Phi) is 3.64. The number of ether oxygens (including phenoxy) is 1. The molecule has 0 atom stereocenters. The molecule has 0 aliphatic rings. The number of rotatable bonds is 2. The molecule has 3 rings (SSSR count). The van der Waals surface area contributed by atoms with Gasteiger partial charge in [0.25, 0.3) is 0 Å². The Hall–Kier alpha value is -1.58. The summed E-state index contributed by atoms with van der Waals surface area (Å²) >= 11 is 9.60. The summed E-state index contributed by atoms with van der Waals surface area (Å²) in [6.07, 6.45) is 0. The predicted octanol–water partition coefficient (Wildman–Crippen LogP) is 5.75. The monoisotopic (exact) mass is 347 g/mol. The first-order valence-corrected chi connectivity index (χ1v) is 7.30. The molecule has 0 aliphatic heterocycles. The van der Waals surface area contributed by atoms with Gasteiger partial charge < -0.3 is 4.74 Å². The Labute approximate surface area is 130 Å². The van der Waals surface area contributed by atoms with Crippen LogP contribution in [0.5, 0.6) is 11.5 Å². The van der Waals surface area contributed by atoms with Crippen LogP contribution in [0.3, 0.4) is 0 Å². The first-order valence-electron chi connectivity index (χ1n) is 6.13. The number of hydrogen-bond acceptors (Lipinski definition) is 2. The smallest absolute Gasteiger partial charge is 0.147 e. The topological polar surface area (TPSA) is 22.1 Å². The number of para-hydroxylation sites is 1. The van der Waals surface area contributed by atoms with E-state index in [1.54, 1.807) is 6.07 Å². The number of benzene rings is 2. The van der Waals surface area contributed by atoms with Gasteiger partial charge in [-0.3, -0.25) is 4.98 Å². The maximum Gasteiger partial charge on any atom is 0.147 e. The molecule has 0 saturated heterocycles. The maximum atomic E-state index is 6.18. The molecule has 0 unspecified atom stereocenters. The normalized spacial score (nSPS) is 10.8. The molecule has 2 aromatic carbocycles. The average molecular weight is 349 g/mol. The Balaban J connectivity index is 2.13. The van der Waals surface area contributed by atoms with Crippen molar-refractivity contribution in [2.45, 2.75) is 6.92 Å². The number of pyridine rings is 1. The van der Waals surface area contributed by atoms with Gasteiger partial charge in [0, 0.05) is 21.6 Å². The minimum Gasteiger partial charge on any atom is -0.455 e. The van der Waals surface area contributed by atoms with Crippen LogP contribution in [0.15, 0.2) is 53.0 Å². The van der Waals surface area contributed by atoms with Gasteiger partial charge in [-0.15, -0.1) is 0 Å². The van der Waals surface area contributed by atoms with Crippen LogP contribution in [-0.2, 0) is 0 Å². The highest BCUT2D eigenvalue weighted by molar-refractivity contribution is 9.10. The fraction of sp³-hybridized carbons (Fsp3) is 0.0625. The van der Waals surface area contributed by atoms with E-state index in [2.05, 4.69) is 20.9 Å². The number of aryl methyl sites for hydroxylation is 1. The largest absolute Gasteiger partial charge is 0.455 e. The van der Waals surface area contributed by atoms with Crippen molar-refractivity contribution in [3.63, 3.8) is 0 Å². The van der Waals surface area contributed by atoms with E-state index in [1.807, 2.05) is 49.4 Å². The summed E-state index contributed by atoms with van der Waals surface area (Å²) in [5, 5.41) is 1.54. The first-order chi connectivity index (χ1) is 9.63. The lowest BCUT2D eigenvalue weighted by atomic mass is 10.2. The lowest BCUT2D eigenvalue weighted by Crippen LogP contribution is -1.91. The summed E-state index contributed by atoms with van der Waals surface area (Å²) < 4.78 is 6.91. The van der Waals surface area contributed by atoms with Crippen molar-refractivity contribution in [3.05, 3.63) is 63.7 Å². The van der Waals surface area contributed by atoms with Crippen LogP contribution in [0.1, 0.15) is 5.69 Å². The zero-order valence-corrected chi connectivity index (χ0v) is 13.1. The Morgan fingerprint density at radius 2 is 1.85 bits per heavy atom. The molecular formula is C16H11BrClNO. The summed E-state index contributed by atoms with van der Waals surface area (Å²) in [5.41, 5.74) is 1.82. The van der Waals surface area contributed by atoms with Gasteiger partial charge in [-0.05, 0) is 37.3 Å². The van der Waals surface area contributed by atoms with Gasteiger partial charge in [0.05, 0.1) is 10.5 Å². The van der Waals surface area contributed by atoms with Crippen molar-refractivity contribution in [2.75, 3.05) is 0 Å². The fourth-order valence-corrected chi connectivity index (χ4v) is 2.52. The summed E-state index contributed by atoms with van der Waals surface area (Å²) in [6.45, 7) is 1.95. The van der Waals surface area contributed by atoms with E-state index in [4.69, 9.17) is 16.3 Å². The van der Waals surface area contributed by atoms with E-state index in [0.29, 0.717) is 10.8 Å². The molecule has 2 nitrogen and oxygen atoms in total. The highest BCUT2D eigenvalue weighted by atomic mass is 79.9. The molecule has 3 aromatic rings. The summed E-state index contributed by atoms with van der Waals surface area (Å²) in [5.74, 6) is 1.38. The van der Waals surface area contributed by atoms with Crippen LogP contribution in [-0.4, -0.2) is 4.98 Å². The molecule has 100 valence electrons. The predicted molar refractivity (Wildman–Crippen MR) is 85.7 cm³/mol. The summed E-state index contributed by atoms with van der Waals surface area (Å²) in [6, 6.07) is 15.3. The minimum atomic E-state index is 0.576. The Morgan fingerprint density at radius 1 is 1.05 bits per heavy atom. The molecular weight excluding hydrogens is 338 g/mol. The fourth-order valence-electron chi connectivity index (χ4n) is 2.03. The molecule has 0 aliphatic carbocycles. The molecule has 1 aromatic heterocycles. The van der Waals surface area contributed by atoms with Crippen LogP contribution in [0.25, 0.3) is 10.9 Å². The van der Waals surface area contributed by atoms with Gasteiger partial charge in [-0.25, -0.2) is 0 Å². The summed E-state index contributed by atoms with van der Waals surface area (Å²) in [4.78, 5) is 4.50. The number of aromatic nitrogens is 1. The zero-order chi connectivity index (χ0) is 14.1. The molecule has 0 fully saturated rings. The van der Waals surface area contributed by atoms with E-state index >= 15 is 0 Å². The molecule has 0 spiro atoms. The van der Waals surface area contributed by atoms with Crippen LogP contribution >= 0.6 is 27.5 Å². The van der Waals surface area contributed by atoms with Crippen molar-refractivity contribution in [1.29, 1.82) is 0 Å². The van der Waals surface area contributed by atoms with Crippen LogP contribution in [0.4, 0.5) is 0 Å². The molecule has 4 heteroatoms. The zero-order valence-electron chi connectivity index (χ0n) is 10.7. The van der Waals surface area contributed by atoms with E-state index < -0.39 is 0 Å². The number of hydrogen-bond donors (Lipinski definition) is 0. The van der Waals surface area contributed by atoms with Gasteiger partial charge in [-0.2, -0.15) is 0 Å². The van der Waals surface area contributed by atoms with Crippen molar-refractivity contribution >= 4 is 38.4 Å². The highest BCUT2D eigenvalue weighted by Crippen LogP contribution is 2.35. The number of nitrogens with zero attached hydrogens (tertiary/aromatic N) is 1. The first kappa shape index (κ1) is 13.4. The van der Waals surface area contributed by atoms with Gasteiger partial charge in [0.1, 0.15) is 11.5 Å². The van der Waals surface area contributed by atoms with Crippen molar-refractivity contribution in [2.24, 2.45) is 0 Å². The molecule has 20 heavy (non-hydrogen) atoms. The quantitative estimate of drug-likeness (QED) is 0.588. The summed E-state index contributed by atoms with van der Waals surface area (Å²) in [7, 11) is 0. The van der Waals surface area contributed by atoms with Crippen LogP contribution in [0.2, 0.25) is 5.02 Å². The average Bonchev–Trinajstić information content (AvgIpc) is 2.43. The highest BCUT2D eigenvalue weighted by Gasteiger charge is 2.09. The van der Waals surface area contributed by atoms with E-state index in [-0.39, 0.29) is 0 Å². The molecule has 0 bridgehead atoms. The van der Waals surface area contributed by atoms with Crippen LogP contribution in [0, 0.1) is 6.92 Å². The molecule has 0 saturated carbocycles. The standard InChI is InChI=1S/C16H11BrClNO/c1-10-8-15(12-4-2-3-5-14(12)19-10)20-16-9-11(17)6-7-13(16)18/h2-9H,1H3. The van der Waals surface area contributed by atoms with Gasteiger partial charge in [0.2, 0.25) is 0 Å². The van der Waals surface area contributed by atoms with Crippen molar-refractivity contribution in [3.8, 4) is 11.5 Å². The second kappa shape index (κ2) is 5.43. The third kappa shape index (κ3) is 2.65. The molecule has 1 heterocycles. The maximum absolute atomic E-state index is 6.18. The minimum absolute atomic E-state index is 0.576. The van der Waals surface area contributed by atoms with Crippen LogP contribution < -0.4 is 4.74 Å². The van der Waals surface area contributed by atoms with Gasteiger partial charge in [0.15, 0.2) is 0 Å². The van der Waals surface area contributed by atoms with Gasteiger partial charge in [-0.1, -0.05) is 39.7 Å². The van der Waals surface area contributed by atoms with Crippen molar-refractivity contribution < 1.29 is 4.74 Å². The lowest BCUT2D eigenvalue weighted by Gasteiger charge is -2.11. The van der Waals surface area contributed by atoms with Gasteiger partial charge >= 0.3 is 0 Å². The van der Waals surface area contributed by atoms with E-state index in [9.17, 15) is 0 Å². The Morgan fingerprint density at radius 3 is 2.70 bits per heavy atom.